The molecule has 0 spiro atoms. The lowest BCUT2D eigenvalue weighted by atomic mass is 10.0. The van der Waals surface area contributed by atoms with Crippen LogP contribution in [0, 0.1) is 0 Å². The minimum atomic E-state index is 0.0211. The number of nitrogens with one attached hydrogen (secondary N) is 1. The van der Waals surface area contributed by atoms with Crippen LogP contribution in [0.4, 0.5) is 4.79 Å². The monoisotopic (exact) mass is 382 g/mol. The highest BCUT2D eigenvalue weighted by Crippen LogP contribution is 2.26. The summed E-state index contributed by atoms with van der Waals surface area (Å²) >= 11 is 0. The molecular weight excluding hydrogens is 352 g/mol. The third-order valence-corrected chi connectivity index (χ3v) is 5.33. The van der Waals surface area contributed by atoms with E-state index in [4.69, 9.17) is 9.47 Å². The first-order valence-corrected chi connectivity index (χ1v) is 9.92. The number of urea groups is 1. The minimum Gasteiger partial charge on any atom is -0.497 e. The van der Waals surface area contributed by atoms with Crippen LogP contribution in [0.25, 0.3) is 0 Å². The summed E-state index contributed by atoms with van der Waals surface area (Å²) in [6, 6.07) is 16.3. The third kappa shape index (κ3) is 4.97. The van der Waals surface area contributed by atoms with Crippen molar-refractivity contribution >= 4 is 6.03 Å². The second-order valence-electron chi connectivity index (χ2n) is 7.41. The van der Waals surface area contributed by atoms with Crippen LogP contribution in [0.15, 0.2) is 48.5 Å². The van der Waals surface area contributed by atoms with Crippen molar-refractivity contribution in [1.82, 2.24) is 10.2 Å². The highest BCUT2D eigenvalue weighted by Gasteiger charge is 2.30. The van der Waals surface area contributed by atoms with Gasteiger partial charge in [0.1, 0.15) is 11.5 Å². The second-order valence-corrected chi connectivity index (χ2v) is 7.41. The molecule has 5 heteroatoms. The maximum atomic E-state index is 12.9. The van der Waals surface area contributed by atoms with E-state index in [9.17, 15) is 4.79 Å². The Labute approximate surface area is 167 Å². The lowest BCUT2D eigenvalue weighted by Crippen LogP contribution is -2.47. The van der Waals surface area contributed by atoms with Gasteiger partial charge in [0.25, 0.3) is 0 Å². The van der Waals surface area contributed by atoms with E-state index in [0.29, 0.717) is 0 Å². The van der Waals surface area contributed by atoms with Gasteiger partial charge in [-0.2, -0.15) is 0 Å². The molecule has 1 heterocycles. The average molecular weight is 383 g/mol. The van der Waals surface area contributed by atoms with E-state index in [1.165, 1.54) is 0 Å². The van der Waals surface area contributed by atoms with Crippen molar-refractivity contribution < 1.29 is 14.3 Å². The Hall–Kier alpha value is -2.69. The zero-order valence-corrected chi connectivity index (χ0v) is 17.0. The van der Waals surface area contributed by atoms with Crippen molar-refractivity contribution in [2.75, 3.05) is 20.8 Å². The maximum absolute atomic E-state index is 12.9. The van der Waals surface area contributed by atoms with Gasteiger partial charge in [-0.15, -0.1) is 0 Å². The smallest absolute Gasteiger partial charge is 0.317 e. The fourth-order valence-corrected chi connectivity index (χ4v) is 3.94. The molecule has 2 unspecified atom stereocenters. The van der Waals surface area contributed by atoms with Gasteiger partial charge in [-0.3, -0.25) is 0 Å². The Balaban J connectivity index is 1.59. The lowest BCUT2D eigenvalue weighted by Gasteiger charge is -2.27. The molecule has 1 aliphatic rings. The number of likely N-dealkylation sites (tertiary alicyclic amines) is 1. The van der Waals surface area contributed by atoms with E-state index in [2.05, 4.69) is 17.4 Å². The molecule has 1 aliphatic heterocycles. The first-order chi connectivity index (χ1) is 13.6. The molecule has 3 rings (SSSR count). The Morgan fingerprint density at radius 3 is 2.79 bits per heavy atom. The molecule has 1 fully saturated rings. The van der Waals surface area contributed by atoms with E-state index in [0.717, 1.165) is 54.9 Å². The molecule has 2 atom stereocenters. The molecule has 150 valence electrons. The van der Waals surface area contributed by atoms with E-state index in [-0.39, 0.29) is 18.1 Å². The SMILES string of the molecule is COc1cccc(CC(C)NC(=O)N2CCCC2Cc2ccccc2OC)c1. The van der Waals surface area contributed by atoms with Gasteiger partial charge >= 0.3 is 6.03 Å². The number of para-hydroxylation sites is 1. The van der Waals surface area contributed by atoms with Gasteiger partial charge in [0, 0.05) is 18.6 Å². The van der Waals surface area contributed by atoms with Crippen molar-refractivity contribution in [2.45, 2.75) is 44.7 Å². The van der Waals surface area contributed by atoms with Crippen LogP contribution in [0.3, 0.4) is 0 Å². The minimum absolute atomic E-state index is 0.0211. The van der Waals surface area contributed by atoms with Crippen LogP contribution in [0.2, 0.25) is 0 Å². The van der Waals surface area contributed by atoms with E-state index in [1.807, 2.05) is 48.2 Å². The normalized spacial score (nSPS) is 17.2. The van der Waals surface area contributed by atoms with Crippen LogP contribution in [-0.4, -0.2) is 43.8 Å². The summed E-state index contributed by atoms with van der Waals surface area (Å²) in [6.07, 6.45) is 3.66. The summed E-state index contributed by atoms with van der Waals surface area (Å²) in [4.78, 5) is 14.9. The highest BCUT2D eigenvalue weighted by molar-refractivity contribution is 5.75. The summed E-state index contributed by atoms with van der Waals surface area (Å²) in [5.74, 6) is 1.73. The van der Waals surface area contributed by atoms with Gasteiger partial charge in [-0.25, -0.2) is 4.79 Å². The molecule has 1 saturated heterocycles. The number of nitrogens with zero attached hydrogens (tertiary/aromatic N) is 1. The number of hydrogen-bond acceptors (Lipinski definition) is 3. The summed E-state index contributed by atoms with van der Waals surface area (Å²) < 4.78 is 10.8. The molecule has 0 radical (unpaired) electrons. The molecule has 2 aromatic carbocycles. The number of carbonyl (C=O) groups is 1. The maximum Gasteiger partial charge on any atom is 0.317 e. The summed E-state index contributed by atoms with van der Waals surface area (Å²) in [7, 11) is 3.36. The molecule has 0 saturated carbocycles. The second kappa shape index (κ2) is 9.49. The molecule has 28 heavy (non-hydrogen) atoms. The molecule has 2 amide bonds. The molecule has 0 aromatic heterocycles. The number of carbonyl (C=O) groups excluding carboxylic acids is 1. The fourth-order valence-electron chi connectivity index (χ4n) is 3.94. The van der Waals surface area contributed by atoms with Crippen LogP contribution in [0.1, 0.15) is 30.9 Å². The Bertz CT molecular complexity index is 793. The van der Waals surface area contributed by atoms with E-state index < -0.39 is 0 Å². The number of amides is 2. The summed E-state index contributed by atoms with van der Waals surface area (Å²) in [5, 5.41) is 3.17. The van der Waals surface area contributed by atoms with E-state index >= 15 is 0 Å². The first kappa shape index (κ1) is 20.1. The predicted octanol–water partition coefficient (Wildman–Crippen LogP) is 4.05. The molecule has 5 nitrogen and oxygen atoms in total. The van der Waals surface area contributed by atoms with Crippen LogP contribution in [0.5, 0.6) is 11.5 Å². The first-order valence-electron chi connectivity index (χ1n) is 9.92. The molecule has 0 aliphatic carbocycles. The number of methoxy groups -OCH3 is 2. The third-order valence-electron chi connectivity index (χ3n) is 5.33. The standard InChI is InChI=1S/C23H30N2O3/c1-17(14-18-8-6-11-21(15-18)27-2)24-23(26)25-13-7-10-20(25)16-19-9-4-5-12-22(19)28-3/h4-6,8-9,11-12,15,17,20H,7,10,13-14,16H2,1-3H3,(H,24,26). The van der Waals surface area contributed by atoms with Crippen molar-refractivity contribution in [1.29, 1.82) is 0 Å². The van der Waals surface area contributed by atoms with Crippen molar-refractivity contribution in [3.63, 3.8) is 0 Å². The van der Waals surface area contributed by atoms with Crippen molar-refractivity contribution in [2.24, 2.45) is 0 Å². The van der Waals surface area contributed by atoms with Crippen LogP contribution < -0.4 is 14.8 Å². The Kier molecular flexibility index (Phi) is 6.80. The molecule has 0 bridgehead atoms. The number of benzene rings is 2. The predicted molar refractivity (Wildman–Crippen MR) is 111 cm³/mol. The summed E-state index contributed by atoms with van der Waals surface area (Å²) in [5.41, 5.74) is 2.30. The number of rotatable bonds is 7. The lowest BCUT2D eigenvalue weighted by molar-refractivity contribution is 0.188. The average Bonchev–Trinajstić information content (AvgIpc) is 3.16. The van der Waals surface area contributed by atoms with Gasteiger partial charge in [0.15, 0.2) is 0 Å². The van der Waals surface area contributed by atoms with E-state index in [1.54, 1.807) is 14.2 Å². The quantitative estimate of drug-likeness (QED) is 0.786. The van der Waals surface area contributed by atoms with Gasteiger partial charge in [0.05, 0.1) is 14.2 Å². The summed E-state index contributed by atoms with van der Waals surface area (Å²) in [6.45, 7) is 2.85. The zero-order valence-electron chi connectivity index (χ0n) is 17.0. The van der Waals surface area contributed by atoms with Crippen LogP contribution in [-0.2, 0) is 12.8 Å². The zero-order chi connectivity index (χ0) is 19.9. The highest BCUT2D eigenvalue weighted by atomic mass is 16.5. The largest absolute Gasteiger partial charge is 0.497 e. The van der Waals surface area contributed by atoms with Gasteiger partial charge < -0.3 is 19.7 Å². The number of hydrogen-bond donors (Lipinski definition) is 1. The van der Waals surface area contributed by atoms with Gasteiger partial charge in [-0.1, -0.05) is 30.3 Å². The Morgan fingerprint density at radius 2 is 2.00 bits per heavy atom. The number of ether oxygens (including phenoxy) is 2. The van der Waals surface area contributed by atoms with Crippen molar-refractivity contribution in [3.05, 3.63) is 59.7 Å². The fraction of sp³-hybridized carbons (Fsp3) is 0.435. The molecular formula is C23H30N2O3. The molecule has 2 aromatic rings. The van der Waals surface area contributed by atoms with Crippen LogP contribution >= 0.6 is 0 Å². The topological polar surface area (TPSA) is 50.8 Å². The van der Waals surface area contributed by atoms with Crippen molar-refractivity contribution in [3.8, 4) is 11.5 Å². The molecule has 1 N–H and O–H groups in total. The Morgan fingerprint density at radius 1 is 1.18 bits per heavy atom. The van der Waals surface area contributed by atoms with Gasteiger partial charge in [-0.05, 0) is 61.9 Å². The van der Waals surface area contributed by atoms with Gasteiger partial charge in [0.2, 0.25) is 0 Å².